The number of hydrogen-bond donors (Lipinski definition) is 2. The first-order valence-electron chi connectivity index (χ1n) is 6.12. The van der Waals surface area contributed by atoms with Crippen LogP contribution in [0.3, 0.4) is 0 Å². The van der Waals surface area contributed by atoms with E-state index >= 15 is 0 Å². The maximum Gasteiger partial charge on any atom is 0.152 e. The third kappa shape index (κ3) is 1.69. The molecular weight excluding hydrogens is 214 g/mol. The summed E-state index contributed by atoms with van der Waals surface area (Å²) in [6.07, 6.45) is 5.37. The van der Waals surface area contributed by atoms with E-state index in [0.717, 1.165) is 35.7 Å². The van der Waals surface area contributed by atoms with E-state index in [9.17, 15) is 0 Å². The van der Waals surface area contributed by atoms with Crippen molar-refractivity contribution in [3.05, 3.63) is 30.1 Å². The Bertz CT molecular complexity index is 458. The Morgan fingerprint density at radius 3 is 3.24 bits per heavy atom. The molecule has 0 spiro atoms. The molecule has 17 heavy (non-hydrogen) atoms. The Labute approximate surface area is 101 Å². The Balaban J connectivity index is 2.02. The van der Waals surface area contributed by atoms with Crippen LogP contribution in [0.1, 0.15) is 24.8 Å². The highest BCUT2D eigenvalue weighted by Gasteiger charge is 2.31. The summed E-state index contributed by atoms with van der Waals surface area (Å²) in [5.41, 5.74) is 2.85. The molecule has 4 nitrogen and oxygen atoms in total. The van der Waals surface area contributed by atoms with Gasteiger partial charge in [-0.3, -0.25) is 0 Å². The van der Waals surface area contributed by atoms with E-state index in [1.807, 2.05) is 6.07 Å². The molecule has 1 atom stereocenters. The lowest BCUT2D eigenvalue weighted by atomic mass is 9.97. The fraction of sp³-hybridized carbons (Fsp3) is 0.462. The smallest absolute Gasteiger partial charge is 0.152 e. The zero-order valence-corrected chi connectivity index (χ0v) is 9.82. The minimum absolute atomic E-state index is 0.0257. The van der Waals surface area contributed by atoms with Crippen LogP contribution in [-0.2, 0) is 6.61 Å². The number of hydrogen-bond acceptors (Lipinski definition) is 4. The lowest BCUT2D eigenvalue weighted by Crippen LogP contribution is -2.45. The molecule has 90 valence electrons. The molecular formula is C13H17N3O. The molecule has 1 saturated heterocycles. The standard InChI is InChI=1S/C13H17N3O/c1-9-12-4-2-3-5-16(12)13-11(15-9)6-10(8-17)7-14-13/h6-7,12,15,17H,1-5,8H2/t12-/m0/s1. The fourth-order valence-corrected chi connectivity index (χ4v) is 2.71. The topological polar surface area (TPSA) is 48.4 Å². The first-order chi connectivity index (χ1) is 8.29. The molecule has 0 radical (unpaired) electrons. The normalized spacial score (nSPS) is 22.8. The van der Waals surface area contributed by atoms with Crippen molar-refractivity contribution in [3.63, 3.8) is 0 Å². The summed E-state index contributed by atoms with van der Waals surface area (Å²) in [4.78, 5) is 6.80. The second-order valence-electron chi connectivity index (χ2n) is 4.73. The van der Waals surface area contributed by atoms with Crippen LogP contribution in [0.15, 0.2) is 24.5 Å². The van der Waals surface area contributed by atoms with Crippen molar-refractivity contribution >= 4 is 11.5 Å². The SMILES string of the molecule is C=C1Nc2cc(CO)cnc2N2CCCC[C@@H]12. The van der Waals surface area contributed by atoms with Gasteiger partial charge in [0, 0.05) is 18.4 Å². The van der Waals surface area contributed by atoms with Crippen molar-refractivity contribution in [1.29, 1.82) is 0 Å². The molecule has 0 saturated carbocycles. The molecule has 0 amide bonds. The summed E-state index contributed by atoms with van der Waals surface area (Å²) >= 11 is 0. The van der Waals surface area contributed by atoms with Crippen molar-refractivity contribution in [3.8, 4) is 0 Å². The average molecular weight is 231 g/mol. The Hall–Kier alpha value is -1.55. The van der Waals surface area contributed by atoms with Crippen LogP contribution in [-0.4, -0.2) is 22.7 Å². The molecule has 4 heteroatoms. The van der Waals surface area contributed by atoms with Crippen LogP contribution < -0.4 is 10.2 Å². The number of aliphatic hydroxyl groups is 1. The van der Waals surface area contributed by atoms with E-state index in [4.69, 9.17) is 5.11 Å². The van der Waals surface area contributed by atoms with Crippen LogP contribution >= 0.6 is 0 Å². The molecule has 2 aliphatic heterocycles. The van der Waals surface area contributed by atoms with Gasteiger partial charge in [0.05, 0.1) is 18.3 Å². The molecule has 3 heterocycles. The number of aliphatic hydroxyl groups excluding tert-OH is 1. The van der Waals surface area contributed by atoms with Gasteiger partial charge in [0.1, 0.15) is 0 Å². The monoisotopic (exact) mass is 231 g/mol. The van der Waals surface area contributed by atoms with E-state index in [0.29, 0.717) is 6.04 Å². The van der Waals surface area contributed by atoms with Gasteiger partial charge in [0.25, 0.3) is 0 Å². The van der Waals surface area contributed by atoms with Gasteiger partial charge >= 0.3 is 0 Å². The number of rotatable bonds is 1. The third-order valence-corrected chi connectivity index (χ3v) is 3.58. The molecule has 2 N–H and O–H groups in total. The van der Waals surface area contributed by atoms with Crippen LogP contribution in [0.5, 0.6) is 0 Å². The molecule has 0 bridgehead atoms. The summed E-state index contributed by atoms with van der Waals surface area (Å²) in [6.45, 7) is 5.18. The van der Waals surface area contributed by atoms with Gasteiger partial charge in [-0.05, 0) is 30.9 Å². The highest BCUT2D eigenvalue weighted by molar-refractivity contribution is 5.73. The van der Waals surface area contributed by atoms with Gasteiger partial charge in [-0.1, -0.05) is 6.58 Å². The van der Waals surface area contributed by atoms with Crippen LogP contribution in [0.2, 0.25) is 0 Å². The first-order valence-corrected chi connectivity index (χ1v) is 6.12. The van der Waals surface area contributed by atoms with Gasteiger partial charge in [-0.25, -0.2) is 4.98 Å². The Morgan fingerprint density at radius 2 is 2.41 bits per heavy atom. The van der Waals surface area contributed by atoms with Crippen molar-refractivity contribution < 1.29 is 5.11 Å². The highest BCUT2D eigenvalue weighted by Crippen LogP contribution is 2.37. The molecule has 1 aromatic rings. The number of aromatic nitrogens is 1. The molecule has 1 aromatic heterocycles. The molecule has 0 aliphatic carbocycles. The van der Waals surface area contributed by atoms with Crippen molar-refractivity contribution in [2.75, 3.05) is 16.8 Å². The Morgan fingerprint density at radius 1 is 1.53 bits per heavy atom. The van der Waals surface area contributed by atoms with E-state index in [2.05, 4.69) is 21.8 Å². The molecule has 1 fully saturated rings. The molecule has 3 rings (SSSR count). The summed E-state index contributed by atoms with van der Waals surface area (Å²) in [5, 5.41) is 12.5. The van der Waals surface area contributed by atoms with Crippen LogP contribution in [0.4, 0.5) is 11.5 Å². The average Bonchev–Trinajstić information content (AvgIpc) is 2.38. The van der Waals surface area contributed by atoms with Crippen LogP contribution in [0, 0.1) is 0 Å². The van der Waals surface area contributed by atoms with Gasteiger partial charge in [0.2, 0.25) is 0 Å². The van der Waals surface area contributed by atoms with Gasteiger partial charge in [-0.15, -0.1) is 0 Å². The molecule has 0 unspecified atom stereocenters. The first kappa shape index (κ1) is 10.6. The predicted molar refractivity (Wildman–Crippen MR) is 67.9 cm³/mol. The second-order valence-corrected chi connectivity index (χ2v) is 4.73. The number of pyridine rings is 1. The third-order valence-electron chi connectivity index (χ3n) is 3.58. The minimum Gasteiger partial charge on any atom is -0.392 e. The van der Waals surface area contributed by atoms with E-state index < -0.39 is 0 Å². The Kier molecular flexibility index (Phi) is 2.52. The quantitative estimate of drug-likeness (QED) is 0.774. The van der Waals surface area contributed by atoms with Crippen LogP contribution in [0.25, 0.3) is 0 Å². The van der Waals surface area contributed by atoms with Crippen molar-refractivity contribution in [2.24, 2.45) is 0 Å². The van der Waals surface area contributed by atoms with E-state index in [-0.39, 0.29) is 6.61 Å². The van der Waals surface area contributed by atoms with E-state index in [1.54, 1.807) is 6.20 Å². The number of piperidine rings is 1. The second kappa shape index (κ2) is 4.04. The van der Waals surface area contributed by atoms with Crippen molar-refractivity contribution in [2.45, 2.75) is 31.9 Å². The number of nitrogens with one attached hydrogen (secondary N) is 1. The summed E-state index contributed by atoms with van der Waals surface area (Å²) in [5.74, 6) is 0.999. The zero-order chi connectivity index (χ0) is 11.8. The molecule has 0 aromatic carbocycles. The maximum absolute atomic E-state index is 9.13. The lowest BCUT2D eigenvalue weighted by Gasteiger charge is -2.42. The van der Waals surface area contributed by atoms with Gasteiger partial charge in [-0.2, -0.15) is 0 Å². The fourth-order valence-electron chi connectivity index (χ4n) is 2.71. The minimum atomic E-state index is 0.0257. The van der Waals surface area contributed by atoms with Gasteiger partial charge < -0.3 is 15.3 Å². The lowest BCUT2D eigenvalue weighted by molar-refractivity contribution is 0.281. The number of nitrogens with zero attached hydrogens (tertiary/aromatic N) is 2. The van der Waals surface area contributed by atoms with Gasteiger partial charge in [0.15, 0.2) is 5.82 Å². The van der Waals surface area contributed by atoms with Crippen molar-refractivity contribution in [1.82, 2.24) is 4.98 Å². The predicted octanol–water partition coefficient (Wildman–Crippen LogP) is 1.87. The summed E-state index contributed by atoms with van der Waals surface area (Å²) < 4.78 is 0. The largest absolute Gasteiger partial charge is 0.392 e. The number of anilines is 2. The maximum atomic E-state index is 9.13. The zero-order valence-electron chi connectivity index (χ0n) is 9.82. The van der Waals surface area contributed by atoms with E-state index in [1.165, 1.54) is 12.8 Å². The summed E-state index contributed by atoms with van der Waals surface area (Å²) in [6, 6.07) is 2.34. The summed E-state index contributed by atoms with van der Waals surface area (Å²) in [7, 11) is 0. The highest BCUT2D eigenvalue weighted by atomic mass is 16.3. The number of fused-ring (bicyclic) bond motifs is 3. The molecule has 2 aliphatic rings.